The summed E-state index contributed by atoms with van der Waals surface area (Å²) < 4.78 is 5.43. The Hall–Kier alpha value is -2.03. The number of benzene rings is 1. The largest absolute Gasteiger partial charge is 0.466 e. The minimum atomic E-state index is -0.0547. The van der Waals surface area contributed by atoms with Crippen molar-refractivity contribution in [1.82, 2.24) is 5.32 Å². The molecule has 1 N–H and O–H groups in total. The summed E-state index contributed by atoms with van der Waals surface area (Å²) in [4.78, 5) is 12.0. The number of nitrogens with one attached hydrogen (secondary N) is 1. The SMILES string of the molecule is CCc1ccc(C(=O)NCc2cc(C)oc2C)cc1. The lowest BCUT2D eigenvalue weighted by atomic mass is 10.1. The minimum Gasteiger partial charge on any atom is -0.466 e. The lowest BCUT2D eigenvalue weighted by molar-refractivity contribution is 0.0951. The molecule has 3 nitrogen and oxygen atoms in total. The molecule has 19 heavy (non-hydrogen) atoms. The fourth-order valence-electron chi connectivity index (χ4n) is 2.03. The third kappa shape index (κ3) is 3.25. The van der Waals surface area contributed by atoms with Gasteiger partial charge in [0.2, 0.25) is 0 Å². The van der Waals surface area contributed by atoms with E-state index in [1.54, 1.807) is 0 Å². The van der Waals surface area contributed by atoms with Gasteiger partial charge >= 0.3 is 0 Å². The molecule has 3 heteroatoms. The number of hydrogen-bond acceptors (Lipinski definition) is 2. The quantitative estimate of drug-likeness (QED) is 0.912. The average Bonchev–Trinajstić information content (AvgIpc) is 2.74. The van der Waals surface area contributed by atoms with Gasteiger partial charge in [-0.05, 0) is 44.0 Å². The van der Waals surface area contributed by atoms with Crippen molar-refractivity contribution >= 4 is 5.91 Å². The van der Waals surface area contributed by atoms with E-state index in [0.717, 1.165) is 23.5 Å². The molecule has 0 fully saturated rings. The Kier molecular flexibility index (Phi) is 4.05. The van der Waals surface area contributed by atoms with E-state index in [1.165, 1.54) is 5.56 Å². The van der Waals surface area contributed by atoms with E-state index >= 15 is 0 Å². The molecule has 0 aliphatic heterocycles. The van der Waals surface area contributed by atoms with Crippen molar-refractivity contribution in [3.8, 4) is 0 Å². The first-order valence-corrected chi connectivity index (χ1v) is 6.53. The van der Waals surface area contributed by atoms with Crippen molar-refractivity contribution in [2.24, 2.45) is 0 Å². The Morgan fingerprint density at radius 2 is 1.89 bits per heavy atom. The first-order valence-electron chi connectivity index (χ1n) is 6.53. The van der Waals surface area contributed by atoms with Crippen LogP contribution in [-0.2, 0) is 13.0 Å². The van der Waals surface area contributed by atoms with Crippen molar-refractivity contribution in [3.63, 3.8) is 0 Å². The molecule has 0 radical (unpaired) electrons. The van der Waals surface area contributed by atoms with Crippen LogP contribution in [0.3, 0.4) is 0 Å². The molecular formula is C16H19NO2. The Morgan fingerprint density at radius 1 is 1.21 bits per heavy atom. The van der Waals surface area contributed by atoms with Gasteiger partial charge in [0.1, 0.15) is 11.5 Å². The summed E-state index contributed by atoms with van der Waals surface area (Å²) in [5, 5.41) is 2.91. The highest BCUT2D eigenvalue weighted by molar-refractivity contribution is 5.94. The second kappa shape index (κ2) is 5.74. The molecule has 2 rings (SSSR count). The summed E-state index contributed by atoms with van der Waals surface area (Å²) in [6, 6.07) is 9.66. The minimum absolute atomic E-state index is 0.0547. The standard InChI is InChI=1S/C16H19NO2/c1-4-13-5-7-14(8-6-13)16(18)17-10-15-9-11(2)19-12(15)3/h5-9H,4,10H2,1-3H3,(H,17,18). The fraction of sp³-hybridized carbons (Fsp3) is 0.312. The third-order valence-corrected chi connectivity index (χ3v) is 3.21. The van der Waals surface area contributed by atoms with E-state index in [1.807, 2.05) is 44.2 Å². The van der Waals surface area contributed by atoms with E-state index in [2.05, 4.69) is 12.2 Å². The molecule has 100 valence electrons. The number of carbonyl (C=O) groups excluding carboxylic acids is 1. The highest BCUT2D eigenvalue weighted by Gasteiger charge is 2.08. The number of hydrogen-bond donors (Lipinski definition) is 1. The number of amides is 1. The monoisotopic (exact) mass is 257 g/mol. The Labute approximate surface area is 113 Å². The van der Waals surface area contributed by atoms with Gasteiger partial charge in [-0.15, -0.1) is 0 Å². The first kappa shape index (κ1) is 13.4. The second-order valence-electron chi connectivity index (χ2n) is 4.67. The van der Waals surface area contributed by atoms with Gasteiger partial charge in [-0.1, -0.05) is 19.1 Å². The third-order valence-electron chi connectivity index (χ3n) is 3.21. The van der Waals surface area contributed by atoms with Crippen molar-refractivity contribution in [2.45, 2.75) is 33.7 Å². The van der Waals surface area contributed by atoms with Crippen LogP contribution in [0.4, 0.5) is 0 Å². The predicted molar refractivity (Wildman–Crippen MR) is 75.2 cm³/mol. The molecule has 0 unspecified atom stereocenters. The molecule has 1 heterocycles. The first-order chi connectivity index (χ1) is 9.10. The van der Waals surface area contributed by atoms with E-state index in [0.29, 0.717) is 12.1 Å². The maximum absolute atomic E-state index is 12.0. The normalized spacial score (nSPS) is 10.5. The van der Waals surface area contributed by atoms with Crippen LogP contribution in [0.1, 0.15) is 39.9 Å². The summed E-state index contributed by atoms with van der Waals surface area (Å²) >= 11 is 0. The highest BCUT2D eigenvalue weighted by atomic mass is 16.3. The van der Waals surface area contributed by atoms with Crippen LogP contribution in [0, 0.1) is 13.8 Å². The van der Waals surface area contributed by atoms with Crippen LogP contribution < -0.4 is 5.32 Å². The molecule has 1 aromatic carbocycles. The van der Waals surface area contributed by atoms with Crippen molar-refractivity contribution < 1.29 is 9.21 Å². The van der Waals surface area contributed by atoms with Gasteiger partial charge in [0.15, 0.2) is 0 Å². The van der Waals surface area contributed by atoms with Gasteiger partial charge < -0.3 is 9.73 Å². The number of furan rings is 1. The molecule has 0 spiro atoms. The lowest BCUT2D eigenvalue weighted by Crippen LogP contribution is -2.22. The van der Waals surface area contributed by atoms with Crippen molar-refractivity contribution in [1.29, 1.82) is 0 Å². The summed E-state index contributed by atoms with van der Waals surface area (Å²) in [5.41, 5.74) is 2.95. The van der Waals surface area contributed by atoms with E-state index in [-0.39, 0.29) is 5.91 Å². The Bertz CT molecular complexity index is 567. The summed E-state index contributed by atoms with van der Waals surface area (Å²) in [7, 11) is 0. The number of rotatable bonds is 4. The van der Waals surface area contributed by atoms with Crippen LogP contribution in [0.25, 0.3) is 0 Å². The molecule has 0 atom stereocenters. The van der Waals surface area contributed by atoms with Gasteiger partial charge in [0, 0.05) is 17.7 Å². The molecule has 0 aliphatic rings. The number of aryl methyl sites for hydroxylation is 3. The fourth-order valence-corrected chi connectivity index (χ4v) is 2.03. The van der Waals surface area contributed by atoms with E-state index in [9.17, 15) is 4.79 Å². The zero-order valence-corrected chi connectivity index (χ0v) is 11.6. The lowest BCUT2D eigenvalue weighted by Gasteiger charge is -2.05. The maximum Gasteiger partial charge on any atom is 0.251 e. The zero-order valence-electron chi connectivity index (χ0n) is 11.6. The second-order valence-corrected chi connectivity index (χ2v) is 4.67. The van der Waals surface area contributed by atoms with Gasteiger partial charge in [-0.3, -0.25) is 4.79 Å². The Morgan fingerprint density at radius 3 is 2.42 bits per heavy atom. The maximum atomic E-state index is 12.0. The highest BCUT2D eigenvalue weighted by Crippen LogP contribution is 2.13. The summed E-state index contributed by atoms with van der Waals surface area (Å²) in [5.74, 6) is 1.68. The van der Waals surface area contributed by atoms with E-state index in [4.69, 9.17) is 4.42 Å². The zero-order chi connectivity index (χ0) is 13.8. The predicted octanol–water partition coefficient (Wildman–Crippen LogP) is 3.39. The molecular weight excluding hydrogens is 238 g/mol. The summed E-state index contributed by atoms with van der Waals surface area (Å²) in [6.07, 6.45) is 0.982. The van der Waals surface area contributed by atoms with Crippen molar-refractivity contribution in [2.75, 3.05) is 0 Å². The smallest absolute Gasteiger partial charge is 0.251 e. The van der Waals surface area contributed by atoms with E-state index < -0.39 is 0 Å². The molecule has 0 bridgehead atoms. The van der Waals surface area contributed by atoms with Crippen molar-refractivity contribution in [3.05, 3.63) is 58.5 Å². The van der Waals surface area contributed by atoms with Gasteiger partial charge in [-0.2, -0.15) is 0 Å². The van der Waals surface area contributed by atoms with Gasteiger partial charge in [-0.25, -0.2) is 0 Å². The number of carbonyl (C=O) groups is 1. The molecule has 0 aliphatic carbocycles. The van der Waals surface area contributed by atoms with Gasteiger partial charge in [0.25, 0.3) is 5.91 Å². The topological polar surface area (TPSA) is 42.2 Å². The summed E-state index contributed by atoms with van der Waals surface area (Å²) in [6.45, 7) is 6.41. The molecule has 0 saturated heterocycles. The van der Waals surface area contributed by atoms with Crippen LogP contribution in [0.2, 0.25) is 0 Å². The molecule has 1 amide bonds. The average molecular weight is 257 g/mol. The van der Waals surface area contributed by atoms with Crippen LogP contribution in [0.5, 0.6) is 0 Å². The molecule has 1 aromatic heterocycles. The van der Waals surface area contributed by atoms with Crippen LogP contribution in [0.15, 0.2) is 34.7 Å². The molecule has 0 saturated carbocycles. The van der Waals surface area contributed by atoms with Crippen LogP contribution in [-0.4, -0.2) is 5.91 Å². The van der Waals surface area contributed by atoms with Gasteiger partial charge in [0.05, 0.1) is 0 Å². The molecule has 2 aromatic rings. The Balaban J connectivity index is 1.99. The van der Waals surface area contributed by atoms with Crippen LogP contribution >= 0.6 is 0 Å².